The monoisotopic (exact) mass is 249 g/mol. The molecule has 0 aliphatic rings. The minimum Gasteiger partial charge on any atom is -0.297 e. The van der Waals surface area contributed by atoms with Crippen molar-refractivity contribution in [1.82, 2.24) is 4.90 Å². The third kappa shape index (κ3) is 3.14. The lowest BCUT2D eigenvalue weighted by molar-refractivity contribution is 0.316. The molecular weight excluding hydrogens is 233 g/mol. The third-order valence-corrected chi connectivity index (χ3v) is 3.79. The van der Waals surface area contributed by atoms with Gasteiger partial charge in [0.1, 0.15) is 5.82 Å². The van der Waals surface area contributed by atoms with E-state index in [1.807, 2.05) is 19.2 Å². The Hall–Kier alpha value is -1.19. The maximum atomic E-state index is 13.5. The summed E-state index contributed by atoms with van der Waals surface area (Å²) in [5.41, 5.74) is 2.07. The summed E-state index contributed by atoms with van der Waals surface area (Å²) in [5, 5.41) is 2.10. The van der Waals surface area contributed by atoms with E-state index in [9.17, 15) is 4.39 Å². The van der Waals surface area contributed by atoms with E-state index in [0.717, 1.165) is 12.1 Å². The molecule has 0 aliphatic carbocycles. The van der Waals surface area contributed by atoms with Crippen LogP contribution in [0.4, 0.5) is 4.39 Å². The molecular formula is C14H16FNS. The van der Waals surface area contributed by atoms with E-state index in [4.69, 9.17) is 0 Å². The Kier molecular flexibility index (Phi) is 3.92. The van der Waals surface area contributed by atoms with Crippen molar-refractivity contribution in [3.63, 3.8) is 0 Å². The van der Waals surface area contributed by atoms with Gasteiger partial charge in [-0.3, -0.25) is 4.90 Å². The summed E-state index contributed by atoms with van der Waals surface area (Å²) in [7, 11) is 2.02. The minimum atomic E-state index is -0.123. The van der Waals surface area contributed by atoms with Crippen LogP contribution in [0.2, 0.25) is 0 Å². The smallest absolute Gasteiger partial charge is 0.127 e. The van der Waals surface area contributed by atoms with Crippen LogP contribution < -0.4 is 0 Å². The van der Waals surface area contributed by atoms with E-state index in [1.54, 1.807) is 17.4 Å². The lowest BCUT2D eigenvalue weighted by Crippen LogP contribution is -2.17. The predicted octanol–water partition coefficient (Wildman–Crippen LogP) is 3.83. The molecule has 0 bridgehead atoms. The summed E-state index contributed by atoms with van der Waals surface area (Å²) in [6.45, 7) is 3.63. The minimum absolute atomic E-state index is 0.123. The van der Waals surface area contributed by atoms with Crippen molar-refractivity contribution in [2.75, 3.05) is 7.05 Å². The lowest BCUT2D eigenvalue weighted by atomic mass is 10.2. The highest BCUT2D eigenvalue weighted by atomic mass is 32.1. The number of halogens is 1. The van der Waals surface area contributed by atoms with Crippen LogP contribution in [0.1, 0.15) is 16.0 Å². The summed E-state index contributed by atoms with van der Waals surface area (Å²) in [5.74, 6) is -0.123. The number of thiophene rings is 1. The summed E-state index contributed by atoms with van der Waals surface area (Å²) in [6, 6.07) is 9.08. The summed E-state index contributed by atoms with van der Waals surface area (Å²) >= 11 is 1.76. The fraction of sp³-hybridized carbons (Fsp3) is 0.286. The quantitative estimate of drug-likeness (QED) is 0.796. The molecule has 2 aromatic rings. The average molecular weight is 249 g/mol. The Morgan fingerprint density at radius 3 is 2.59 bits per heavy atom. The van der Waals surface area contributed by atoms with Crippen LogP contribution in [-0.4, -0.2) is 11.9 Å². The first-order valence-electron chi connectivity index (χ1n) is 5.61. The maximum absolute atomic E-state index is 13.5. The van der Waals surface area contributed by atoms with Crippen LogP contribution in [-0.2, 0) is 13.1 Å². The predicted molar refractivity (Wildman–Crippen MR) is 70.6 cm³/mol. The molecule has 0 saturated heterocycles. The van der Waals surface area contributed by atoms with E-state index < -0.39 is 0 Å². The molecule has 0 unspecified atom stereocenters. The average Bonchev–Trinajstić information content (AvgIpc) is 2.68. The maximum Gasteiger partial charge on any atom is 0.127 e. The molecule has 0 radical (unpaired) electrons. The second kappa shape index (κ2) is 5.43. The number of hydrogen-bond acceptors (Lipinski definition) is 2. The van der Waals surface area contributed by atoms with Crippen molar-refractivity contribution in [2.45, 2.75) is 20.0 Å². The summed E-state index contributed by atoms with van der Waals surface area (Å²) in [6.07, 6.45) is 0. The molecule has 0 saturated carbocycles. The number of benzene rings is 1. The van der Waals surface area contributed by atoms with Crippen LogP contribution >= 0.6 is 11.3 Å². The molecule has 90 valence electrons. The normalized spacial score (nSPS) is 11.1. The lowest BCUT2D eigenvalue weighted by Gasteiger charge is -2.16. The van der Waals surface area contributed by atoms with Crippen molar-refractivity contribution < 1.29 is 4.39 Å². The van der Waals surface area contributed by atoms with Crippen molar-refractivity contribution in [3.8, 4) is 0 Å². The zero-order valence-electron chi connectivity index (χ0n) is 10.1. The Balaban J connectivity index is 2.01. The molecule has 0 fully saturated rings. The molecule has 0 N–H and O–H groups in total. The topological polar surface area (TPSA) is 3.24 Å². The van der Waals surface area contributed by atoms with E-state index >= 15 is 0 Å². The largest absolute Gasteiger partial charge is 0.297 e. The highest BCUT2D eigenvalue weighted by Crippen LogP contribution is 2.18. The highest BCUT2D eigenvalue weighted by molar-refractivity contribution is 7.10. The van der Waals surface area contributed by atoms with Crippen molar-refractivity contribution in [3.05, 3.63) is 57.5 Å². The Morgan fingerprint density at radius 1 is 1.18 bits per heavy atom. The molecule has 0 spiro atoms. The SMILES string of the molecule is Cc1ccsc1CN(C)Cc1ccccc1F. The molecule has 0 amide bonds. The molecule has 3 heteroatoms. The Bertz CT molecular complexity index is 492. The van der Waals surface area contributed by atoms with E-state index in [0.29, 0.717) is 6.54 Å². The molecule has 2 rings (SSSR count). The molecule has 1 heterocycles. The summed E-state index contributed by atoms with van der Waals surface area (Å²) in [4.78, 5) is 3.49. The van der Waals surface area contributed by atoms with Crippen molar-refractivity contribution >= 4 is 11.3 Å². The van der Waals surface area contributed by atoms with Crippen LogP contribution in [0.15, 0.2) is 35.7 Å². The van der Waals surface area contributed by atoms with Crippen LogP contribution in [0.3, 0.4) is 0 Å². The van der Waals surface area contributed by atoms with Gasteiger partial charge in [0.25, 0.3) is 0 Å². The molecule has 17 heavy (non-hydrogen) atoms. The first-order valence-corrected chi connectivity index (χ1v) is 6.49. The van der Waals surface area contributed by atoms with Crippen LogP contribution in [0, 0.1) is 12.7 Å². The second-order valence-corrected chi connectivity index (χ2v) is 5.29. The standard InChI is InChI=1S/C14H16FNS/c1-11-7-8-17-14(11)10-16(2)9-12-5-3-4-6-13(12)15/h3-8H,9-10H2,1-2H3. The van der Waals surface area contributed by atoms with Gasteiger partial charge >= 0.3 is 0 Å². The molecule has 0 aliphatic heterocycles. The number of hydrogen-bond donors (Lipinski definition) is 0. The first kappa shape index (κ1) is 12.3. The number of rotatable bonds is 4. The number of nitrogens with zero attached hydrogens (tertiary/aromatic N) is 1. The van der Waals surface area contributed by atoms with Gasteiger partial charge in [-0.15, -0.1) is 11.3 Å². The highest BCUT2D eigenvalue weighted by Gasteiger charge is 2.07. The Labute approximate surface area is 106 Å². The fourth-order valence-electron chi connectivity index (χ4n) is 1.78. The van der Waals surface area contributed by atoms with Gasteiger partial charge in [-0.1, -0.05) is 18.2 Å². The summed E-state index contributed by atoms with van der Waals surface area (Å²) < 4.78 is 13.5. The third-order valence-electron chi connectivity index (χ3n) is 2.78. The van der Waals surface area contributed by atoms with E-state index in [-0.39, 0.29) is 5.82 Å². The van der Waals surface area contributed by atoms with E-state index in [2.05, 4.69) is 23.3 Å². The van der Waals surface area contributed by atoms with E-state index in [1.165, 1.54) is 16.5 Å². The van der Waals surface area contributed by atoms with Gasteiger partial charge in [0.05, 0.1) is 0 Å². The molecule has 1 aromatic carbocycles. The second-order valence-electron chi connectivity index (χ2n) is 4.29. The van der Waals surface area contributed by atoms with Gasteiger partial charge in [-0.2, -0.15) is 0 Å². The molecule has 1 aromatic heterocycles. The van der Waals surface area contributed by atoms with Gasteiger partial charge in [0.2, 0.25) is 0 Å². The van der Waals surface area contributed by atoms with Gasteiger partial charge in [-0.25, -0.2) is 4.39 Å². The van der Waals surface area contributed by atoms with Crippen LogP contribution in [0.25, 0.3) is 0 Å². The van der Waals surface area contributed by atoms with Gasteiger partial charge in [0.15, 0.2) is 0 Å². The van der Waals surface area contributed by atoms with Crippen molar-refractivity contribution in [2.24, 2.45) is 0 Å². The Morgan fingerprint density at radius 2 is 1.94 bits per heavy atom. The number of aryl methyl sites for hydroxylation is 1. The first-order chi connectivity index (χ1) is 8.16. The van der Waals surface area contributed by atoms with Crippen molar-refractivity contribution in [1.29, 1.82) is 0 Å². The van der Waals surface area contributed by atoms with Gasteiger partial charge in [0, 0.05) is 23.5 Å². The van der Waals surface area contributed by atoms with Crippen LogP contribution in [0.5, 0.6) is 0 Å². The molecule has 1 nitrogen and oxygen atoms in total. The molecule has 0 atom stereocenters. The van der Waals surface area contributed by atoms with Gasteiger partial charge < -0.3 is 0 Å². The zero-order chi connectivity index (χ0) is 12.3. The fourth-order valence-corrected chi connectivity index (χ4v) is 2.77. The van der Waals surface area contributed by atoms with Gasteiger partial charge in [-0.05, 0) is 37.0 Å². The zero-order valence-corrected chi connectivity index (χ0v) is 10.9.